The smallest absolute Gasteiger partial charge is 0.261 e. The van der Waals surface area contributed by atoms with Crippen molar-refractivity contribution in [1.82, 2.24) is 19.8 Å². The van der Waals surface area contributed by atoms with Crippen molar-refractivity contribution in [3.8, 4) is 0 Å². The van der Waals surface area contributed by atoms with Gasteiger partial charge in [-0.25, -0.2) is 4.98 Å². The number of fused-ring (bicyclic) bond motifs is 1. The number of nitrogens with one attached hydrogen (secondary N) is 1. The fraction of sp³-hybridized carbons (Fsp3) is 0.480. The quantitative estimate of drug-likeness (QED) is 0.568. The summed E-state index contributed by atoms with van der Waals surface area (Å²) in [4.78, 5) is 32.8. The summed E-state index contributed by atoms with van der Waals surface area (Å²) < 4.78 is 13.2. The van der Waals surface area contributed by atoms with E-state index in [4.69, 9.17) is 14.1 Å². The lowest BCUT2D eigenvalue weighted by Crippen LogP contribution is -2.43. The van der Waals surface area contributed by atoms with Gasteiger partial charge in [-0.2, -0.15) is 0 Å². The Morgan fingerprint density at radius 2 is 1.97 bits per heavy atom. The molecule has 174 valence electrons. The summed E-state index contributed by atoms with van der Waals surface area (Å²) in [6.45, 7) is 5.34. The first-order valence-electron chi connectivity index (χ1n) is 11.7. The van der Waals surface area contributed by atoms with Crippen LogP contribution in [0.15, 0.2) is 45.6 Å². The molecule has 8 nitrogen and oxygen atoms in total. The zero-order valence-electron chi connectivity index (χ0n) is 19.0. The van der Waals surface area contributed by atoms with E-state index in [1.165, 1.54) is 0 Å². The molecule has 1 amide bonds. The van der Waals surface area contributed by atoms with E-state index >= 15 is 0 Å². The van der Waals surface area contributed by atoms with Gasteiger partial charge in [-0.15, -0.1) is 0 Å². The van der Waals surface area contributed by atoms with Gasteiger partial charge in [0.2, 0.25) is 5.91 Å². The summed E-state index contributed by atoms with van der Waals surface area (Å²) in [6, 6.07) is 11.5. The minimum atomic E-state index is -0.0544. The van der Waals surface area contributed by atoms with Crippen LogP contribution in [-0.2, 0) is 16.0 Å². The van der Waals surface area contributed by atoms with Crippen LogP contribution in [0.4, 0.5) is 0 Å². The number of carbonyl (C=O) groups is 1. The van der Waals surface area contributed by atoms with E-state index < -0.39 is 0 Å². The van der Waals surface area contributed by atoms with Crippen LogP contribution >= 0.6 is 0 Å². The highest BCUT2D eigenvalue weighted by Crippen LogP contribution is 2.35. The highest BCUT2D eigenvalue weighted by Gasteiger charge is 2.29. The number of nitrogens with zero attached hydrogens (tertiary/aromatic N) is 3. The summed E-state index contributed by atoms with van der Waals surface area (Å²) in [5.41, 5.74) is 0.689. The molecule has 0 spiro atoms. The first-order chi connectivity index (χ1) is 16.1. The number of carbonyl (C=O) groups excluding carboxylic acids is 1. The molecular weight excluding hydrogens is 420 g/mol. The van der Waals surface area contributed by atoms with Gasteiger partial charge in [0.25, 0.3) is 5.56 Å². The fourth-order valence-corrected chi connectivity index (χ4v) is 4.53. The van der Waals surface area contributed by atoms with Gasteiger partial charge in [0.1, 0.15) is 17.3 Å². The molecule has 1 aliphatic heterocycles. The lowest BCUT2D eigenvalue weighted by Gasteiger charge is -2.33. The molecule has 5 rings (SSSR count). The normalized spacial score (nSPS) is 17.8. The monoisotopic (exact) mass is 450 g/mol. The number of ether oxygens (including phenoxy) is 1. The van der Waals surface area contributed by atoms with E-state index in [1.54, 1.807) is 4.57 Å². The first-order valence-corrected chi connectivity index (χ1v) is 11.7. The lowest BCUT2D eigenvalue weighted by atomic mass is 10.1. The Morgan fingerprint density at radius 1 is 1.18 bits per heavy atom. The standard InChI is InChI=1S/C25H30N4O4/c1-17-6-9-22(33-17)21(28-12-14-32-15-13-28)16-26-24(30)11-10-23-27-20-5-3-2-4-19(20)25(31)29(23)18-7-8-18/h2-6,9,18,21H,7-8,10-16H2,1H3,(H,26,30). The molecule has 1 saturated carbocycles. The molecule has 1 aromatic carbocycles. The number of morpholine rings is 1. The Labute approximate surface area is 192 Å². The van der Waals surface area contributed by atoms with Crippen molar-refractivity contribution < 1.29 is 13.9 Å². The van der Waals surface area contributed by atoms with E-state index in [-0.39, 0.29) is 30.0 Å². The highest BCUT2D eigenvalue weighted by atomic mass is 16.5. The van der Waals surface area contributed by atoms with Crippen molar-refractivity contribution in [3.63, 3.8) is 0 Å². The predicted molar refractivity (Wildman–Crippen MR) is 124 cm³/mol. The van der Waals surface area contributed by atoms with Crippen molar-refractivity contribution >= 4 is 16.8 Å². The summed E-state index contributed by atoms with van der Waals surface area (Å²) in [7, 11) is 0. The number of para-hydroxylation sites is 1. The fourth-order valence-electron chi connectivity index (χ4n) is 4.53. The van der Waals surface area contributed by atoms with Crippen LogP contribution < -0.4 is 10.9 Å². The Bertz CT molecular complexity index is 1190. The maximum Gasteiger partial charge on any atom is 0.261 e. The first kappa shape index (κ1) is 21.9. The number of aryl methyl sites for hydroxylation is 2. The second-order valence-corrected chi connectivity index (χ2v) is 8.87. The van der Waals surface area contributed by atoms with E-state index in [0.717, 1.165) is 37.5 Å². The van der Waals surface area contributed by atoms with Gasteiger partial charge in [0.15, 0.2) is 0 Å². The molecule has 2 aromatic heterocycles. The van der Waals surface area contributed by atoms with E-state index in [9.17, 15) is 9.59 Å². The number of furan rings is 1. The molecule has 0 radical (unpaired) electrons. The molecule has 3 heterocycles. The Kier molecular flexibility index (Phi) is 6.28. The average Bonchev–Trinajstić information content (AvgIpc) is 3.58. The molecule has 1 aliphatic carbocycles. The molecule has 33 heavy (non-hydrogen) atoms. The van der Waals surface area contributed by atoms with Crippen molar-refractivity contribution in [2.75, 3.05) is 32.8 Å². The lowest BCUT2D eigenvalue weighted by molar-refractivity contribution is -0.121. The third-order valence-corrected chi connectivity index (χ3v) is 6.44. The van der Waals surface area contributed by atoms with Gasteiger partial charge in [0, 0.05) is 38.5 Å². The second kappa shape index (κ2) is 9.49. The van der Waals surface area contributed by atoms with Crippen molar-refractivity contribution in [1.29, 1.82) is 0 Å². The van der Waals surface area contributed by atoms with Crippen LogP contribution in [0.1, 0.15) is 48.7 Å². The number of hydrogen-bond donors (Lipinski definition) is 1. The molecule has 2 aliphatic rings. The van der Waals surface area contributed by atoms with Crippen molar-refractivity contribution in [2.24, 2.45) is 0 Å². The Balaban J connectivity index is 1.27. The minimum Gasteiger partial charge on any atom is -0.465 e. The third-order valence-electron chi connectivity index (χ3n) is 6.44. The SMILES string of the molecule is Cc1ccc(C(CNC(=O)CCc2nc3ccccc3c(=O)n2C2CC2)N2CCOCC2)o1. The van der Waals surface area contributed by atoms with Gasteiger partial charge < -0.3 is 14.5 Å². The zero-order valence-corrected chi connectivity index (χ0v) is 19.0. The predicted octanol–water partition coefficient (Wildman–Crippen LogP) is 2.76. The summed E-state index contributed by atoms with van der Waals surface area (Å²) in [5, 5.41) is 3.72. The molecule has 1 N–H and O–H groups in total. The van der Waals surface area contributed by atoms with Gasteiger partial charge >= 0.3 is 0 Å². The molecule has 1 atom stereocenters. The van der Waals surface area contributed by atoms with E-state index in [0.29, 0.717) is 42.9 Å². The number of rotatable bonds is 8. The number of benzene rings is 1. The van der Waals surface area contributed by atoms with E-state index in [1.807, 2.05) is 43.3 Å². The molecule has 1 unspecified atom stereocenters. The van der Waals surface area contributed by atoms with Crippen LogP contribution in [0.2, 0.25) is 0 Å². The highest BCUT2D eigenvalue weighted by molar-refractivity contribution is 5.78. The third kappa shape index (κ3) is 4.86. The largest absolute Gasteiger partial charge is 0.465 e. The van der Waals surface area contributed by atoms with Crippen LogP contribution in [0.5, 0.6) is 0 Å². The maximum absolute atomic E-state index is 13.0. The van der Waals surface area contributed by atoms with Crippen LogP contribution in [0.25, 0.3) is 10.9 Å². The van der Waals surface area contributed by atoms with Crippen LogP contribution in [0.3, 0.4) is 0 Å². The number of aromatic nitrogens is 2. The molecule has 0 bridgehead atoms. The second-order valence-electron chi connectivity index (χ2n) is 8.87. The molecular formula is C25H30N4O4. The molecule has 8 heteroatoms. The van der Waals surface area contributed by atoms with Crippen LogP contribution in [-0.4, -0.2) is 53.2 Å². The van der Waals surface area contributed by atoms with Gasteiger partial charge in [-0.3, -0.25) is 19.1 Å². The van der Waals surface area contributed by atoms with E-state index in [2.05, 4.69) is 10.2 Å². The Hall–Kier alpha value is -2.97. The van der Waals surface area contributed by atoms with Gasteiger partial charge in [-0.05, 0) is 44.0 Å². The molecule has 1 saturated heterocycles. The summed E-state index contributed by atoms with van der Waals surface area (Å²) in [6.07, 6.45) is 2.70. The minimum absolute atomic E-state index is 0.000853. The van der Waals surface area contributed by atoms with Gasteiger partial charge in [-0.1, -0.05) is 12.1 Å². The number of amides is 1. The van der Waals surface area contributed by atoms with Crippen LogP contribution in [0, 0.1) is 6.92 Å². The summed E-state index contributed by atoms with van der Waals surface area (Å²) >= 11 is 0. The van der Waals surface area contributed by atoms with Crippen molar-refractivity contribution in [3.05, 3.63) is 64.1 Å². The maximum atomic E-state index is 13.0. The summed E-state index contributed by atoms with van der Waals surface area (Å²) in [5.74, 6) is 2.35. The average molecular weight is 451 g/mol. The molecule has 3 aromatic rings. The topological polar surface area (TPSA) is 89.6 Å². The zero-order chi connectivity index (χ0) is 22.8. The number of hydrogen-bond acceptors (Lipinski definition) is 6. The van der Waals surface area contributed by atoms with Gasteiger partial charge in [0.05, 0.1) is 30.2 Å². The molecule has 2 fully saturated rings. The van der Waals surface area contributed by atoms with Crippen molar-refractivity contribution in [2.45, 2.75) is 44.7 Å². The Morgan fingerprint density at radius 3 is 2.70 bits per heavy atom.